The van der Waals surface area contributed by atoms with Crippen LogP contribution in [0.1, 0.15) is 18.4 Å². The molecule has 0 fully saturated rings. The Labute approximate surface area is 117 Å². The second-order valence-corrected chi connectivity index (χ2v) is 4.87. The van der Waals surface area contributed by atoms with E-state index >= 15 is 0 Å². The molecular weight excluding hydrogens is 254 g/mol. The number of carbonyl (C=O) groups is 1. The van der Waals surface area contributed by atoms with Gasteiger partial charge in [0.05, 0.1) is 12.9 Å². The van der Waals surface area contributed by atoms with Crippen LogP contribution in [0.15, 0.2) is 36.9 Å². The topological polar surface area (TPSA) is 56.2 Å². The van der Waals surface area contributed by atoms with Gasteiger partial charge in [0.1, 0.15) is 5.75 Å². The van der Waals surface area contributed by atoms with Gasteiger partial charge in [0, 0.05) is 31.0 Å². The molecule has 20 heavy (non-hydrogen) atoms. The van der Waals surface area contributed by atoms with Crippen molar-refractivity contribution in [3.05, 3.63) is 42.5 Å². The largest absolute Gasteiger partial charge is 0.494 e. The third-order valence-corrected chi connectivity index (χ3v) is 3.36. The molecule has 5 heteroatoms. The van der Waals surface area contributed by atoms with Crippen LogP contribution in [-0.2, 0) is 17.8 Å². The lowest BCUT2D eigenvalue weighted by molar-refractivity contribution is -0.116. The first-order valence-corrected chi connectivity index (χ1v) is 6.82. The minimum Gasteiger partial charge on any atom is -0.494 e. The Kier molecular flexibility index (Phi) is 3.67. The van der Waals surface area contributed by atoms with Crippen LogP contribution < -0.4 is 10.1 Å². The zero-order chi connectivity index (χ0) is 13.8. The predicted molar refractivity (Wildman–Crippen MR) is 75.7 cm³/mol. The Balaban J connectivity index is 1.52. The minimum absolute atomic E-state index is 0.0894. The summed E-state index contributed by atoms with van der Waals surface area (Å²) < 4.78 is 7.78. The van der Waals surface area contributed by atoms with Crippen LogP contribution in [0.3, 0.4) is 0 Å². The lowest BCUT2D eigenvalue weighted by atomic mass is 10.0. The molecule has 2 heterocycles. The van der Waals surface area contributed by atoms with Crippen molar-refractivity contribution in [1.29, 1.82) is 0 Å². The molecule has 0 saturated heterocycles. The van der Waals surface area contributed by atoms with Gasteiger partial charge in [-0.3, -0.25) is 4.79 Å². The van der Waals surface area contributed by atoms with E-state index in [1.54, 1.807) is 6.20 Å². The van der Waals surface area contributed by atoms with E-state index in [2.05, 4.69) is 10.3 Å². The van der Waals surface area contributed by atoms with Gasteiger partial charge in [-0.05, 0) is 36.6 Å². The molecular formula is C15H17N3O2. The molecule has 1 aromatic carbocycles. The fourth-order valence-corrected chi connectivity index (χ4v) is 2.31. The average molecular weight is 271 g/mol. The third-order valence-electron chi connectivity index (χ3n) is 3.36. The second-order valence-electron chi connectivity index (χ2n) is 4.87. The molecule has 1 amide bonds. The molecule has 1 N–H and O–H groups in total. The van der Waals surface area contributed by atoms with E-state index in [4.69, 9.17) is 4.74 Å². The Bertz CT molecular complexity index is 593. The molecule has 1 aromatic heterocycles. The first-order valence-electron chi connectivity index (χ1n) is 6.82. The highest BCUT2D eigenvalue weighted by Gasteiger charge is 2.14. The summed E-state index contributed by atoms with van der Waals surface area (Å²) >= 11 is 0. The summed E-state index contributed by atoms with van der Waals surface area (Å²) in [5.41, 5.74) is 2.06. The van der Waals surface area contributed by atoms with Gasteiger partial charge in [0.15, 0.2) is 0 Å². The number of hydrogen-bond donors (Lipinski definition) is 1. The number of hydrogen-bond acceptors (Lipinski definition) is 3. The van der Waals surface area contributed by atoms with Gasteiger partial charge in [-0.15, -0.1) is 0 Å². The number of anilines is 1. The van der Waals surface area contributed by atoms with Gasteiger partial charge in [-0.2, -0.15) is 0 Å². The number of nitrogens with zero attached hydrogens (tertiary/aromatic N) is 2. The maximum absolute atomic E-state index is 11.3. The summed E-state index contributed by atoms with van der Waals surface area (Å²) in [5.74, 6) is 0.956. The monoisotopic (exact) mass is 271 g/mol. The van der Waals surface area contributed by atoms with Crippen LogP contribution in [0.2, 0.25) is 0 Å². The molecule has 3 rings (SSSR count). The highest BCUT2D eigenvalue weighted by molar-refractivity contribution is 5.93. The molecule has 5 nitrogen and oxygen atoms in total. The van der Waals surface area contributed by atoms with Crippen molar-refractivity contribution in [3.8, 4) is 5.75 Å². The zero-order valence-electron chi connectivity index (χ0n) is 11.2. The summed E-state index contributed by atoms with van der Waals surface area (Å²) in [5, 5.41) is 2.87. The summed E-state index contributed by atoms with van der Waals surface area (Å²) in [4.78, 5) is 15.3. The quantitative estimate of drug-likeness (QED) is 0.848. The number of carbonyl (C=O) groups excluding carboxylic acids is 1. The molecule has 2 aromatic rings. The molecule has 104 valence electrons. The van der Waals surface area contributed by atoms with Gasteiger partial charge in [-0.25, -0.2) is 4.98 Å². The van der Waals surface area contributed by atoms with Crippen molar-refractivity contribution >= 4 is 11.6 Å². The van der Waals surface area contributed by atoms with E-state index in [1.807, 2.05) is 35.3 Å². The molecule has 0 unspecified atom stereocenters. The van der Waals surface area contributed by atoms with Gasteiger partial charge >= 0.3 is 0 Å². The maximum Gasteiger partial charge on any atom is 0.224 e. The first kappa shape index (κ1) is 12.7. The Hall–Kier alpha value is -2.30. The number of nitrogens with one attached hydrogen (secondary N) is 1. The fraction of sp³-hybridized carbons (Fsp3) is 0.333. The summed E-state index contributed by atoms with van der Waals surface area (Å²) in [6.07, 6.45) is 7.80. The standard InChI is InChI=1S/C15H17N3O2/c19-15-5-2-12-10-13(3-4-14(12)17-15)20-9-1-7-18-8-6-16-11-18/h3-4,6,8,10-11H,1-2,5,7,9H2,(H,17,19). The normalized spacial score (nSPS) is 13.7. The van der Waals surface area contributed by atoms with Gasteiger partial charge < -0.3 is 14.6 Å². The van der Waals surface area contributed by atoms with E-state index in [1.165, 1.54) is 0 Å². The van der Waals surface area contributed by atoms with Crippen molar-refractivity contribution in [1.82, 2.24) is 9.55 Å². The Morgan fingerprint density at radius 1 is 1.35 bits per heavy atom. The molecule has 0 aliphatic carbocycles. The number of amides is 1. The number of benzene rings is 1. The number of ether oxygens (including phenoxy) is 1. The van der Waals surface area contributed by atoms with Crippen molar-refractivity contribution in [3.63, 3.8) is 0 Å². The molecule has 1 aliphatic heterocycles. The number of rotatable bonds is 5. The highest BCUT2D eigenvalue weighted by atomic mass is 16.5. The van der Waals surface area contributed by atoms with Crippen LogP contribution in [0.4, 0.5) is 5.69 Å². The second kappa shape index (κ2) is 5.77. The van der Waals surface area contributed by atoms with E-state index in [9.17, 15) is 4.79 Å². The molecule has 0 saturated carbocycles. The molecule has 0 bridgehead atoms. The third kappa shape index (κ3) is 2.99. The van der Waals surface area contributed by atoms with Crippen molar-refractivity contribution in [2.24, 2.45) is 0 Å². The van der Waals surface area contributed by atoms with Gasteiger partial charge in [0.25, 0.3) is 0 Å². The van der Waals surface area contributed by atoms with Crippen LogP contribution in [0, 0.1) is 0 Å². The molecule has 0 atom stereocenters. The lowest BCUT2D eigenvalue weighted by Gasteiger charge is -2.17. The number of imidazole rings is 1. The summed E-state index contributed by atoms with van der Waals surface area (Å²) in [6, 6.07) is 5.84. The smallest absolute Gasteiger partial charge is 0.224 e. The van der Waals surface area contributed by atoms with Gasteiger partial charge in [-0.1, -0.05) is 0 Å². The van der Waals surface area contributed by atoms with E-state index < -0.39 is 0 Å². The van der Waals surface area contributed by atoms with Crippen molar-refractivity contribution in [2.45, 2.75) is 25.8 Å². The van der Waals surface area contributed by atoms with Gasteiger partial charge in [0.2, 0.25) is 5.91 Å². The summed E-state index contributed by atoms with van der Waals surface area (Å²) in [6.45, 7) is 1.57. The highest BCUT2D eigenvalue weighted by Crippen LogP contribution is 2.26. The van der Waals surface area contributed by atoms with Crippen LogP contribution in [0.25, 0.3) is 0 Å². The first-order chi connectivity index (χ1) is 9.81. The predicted octanol–water partition coefficient (Wildman–Crippen LogP) is 2.24. The number of aryl methyl sites for hydroxylation is 2. The van der Waals surface area contributed by atoms with E-state index in [0.717, 1.165) is 36.4 Å². The maximum atomic E-state index is 11.3. The van der Waals surface area contributed by atoms with Crippen molar-refractivity contribution < 1.29 is 9.53 Å². The van der Waals surface area contributed by atoms with Crippen LogP contribution >= 0.6 is 0 Å². The lowest BCUT2D eigenvalue weighted by Crippen LogP contribution is -2.18. The Morgan fingerprint density at radius 3 is 3.15 bits per heavy atom. The van der Waals surface area contributed by atoms with Crippen molar-refractivity contribution in [2.75, 3.05) is 11.9 Å². The van der Waals surface area contributed by atoms with Crippen LogP contribution in [-0.4, -0.2) is 22.1 Å². The minimum atomic E-state index is 0.0894. The van der Waals surface area contributed by atoms with E-state index in [0.29, 0.717) is 13.0 Å². The summed E-state index contributed by atoms with van der Waals surface area (Å²) in [7, 11) is 0. The van der Waals surface area contributed by atoms with E-state index in [-0.39, 0.29) is 5.91 Å². The number of aromatic nitrogens is 2. The molecule has 0 spiro atoms. The Morgan fingerprint density at radius 2 is 2.30 bits per heavy atom. The molecule has 0 radical (unpaired) electrons. The SMILES string of the molecule is O=C1CCc2cc(OCCCn3ccnc3)ccc2N1. The average Bonchev–Trinajstić information content (AvgIpc) is 2.97. The van der Waals surface area contributed by atoms with Crippen LogP contribution in [0.5, 0.6) is 5.75 Å². The molecule has 1 aliphatic rings. The number of fused-ring (bicyclic) bond motifs is 1. The fourth-order valence-electron chi connectivity index (χ4n) is 2.31. The zero-order valence-corrected chi connectivity index (χ0v) is 11.2.